The van der Waals surface area contributed by atoms with Crippen molar-refractivity contribution in [3.63, 3.8) is 0 Å². The van der Waals surface area contributed by atoms with Gasteiger partial charge in [0.25, 0.3) is 5.91 Å². The van der Waals surface area contributed by atoms with E-state index in [1.807, 2.05) is 54.3 Å². The van der Waals surface area contributed by atoms with Crippen molar-refractivity contribution < 1.29 is 18.7 Å². The van der Waals surface area contributed by atoms with Gasteiger partial charge in [0.1, 0.15) is 11.6 Å². The maximum atomic E-state index is 13.2. The van der Waals surface area contributed by atoms with E-state index < -0.39 is 0 Å². The first-order chi connectivity index (χ1) is 17.4. The number of para-hydroxylation sites is 1. The lowest BCUT2D eigenvalue weighted by atomic mass is 10.0. The van der Waals surface area contributed by atoms with Gasteiger partial charge in [0, 0.05) is 38.1 Å². The summed E-state index contributed by atoms with van der Waals surface area (Å²) >= 11 is 0. The van der Waals surface area contributed by atoms with Crippen LogP contribution >= 0.6 is 0 Å². The van der Waals surface area contributed by atoms with E-state index in [0.29, 0.717) is 37.2 Å². The molecule has 0 radical (unpaired) electrons. The smallest absolute Gasteiger partial charge is 0.260 e. The van der Waals surface area contributed by atoms with Gasteiger partial charge in [-0.3, -0.25) is 14.5 Å². The van der Waals surface area contributed by atoms with Crippen molar-refractivity contribution in [2.24, 2.45) is 0 Å². The van der Waals surface area contributed by atoms with Crippen molar-refractivity contribution in [3.8, 4) is 5.75 Å². The van der Waals surface area contributed by atoms with E-state index in [-0.39, 0.29) is 36.2 Å². The van der Waals surface area contributed by atoms with Crippen LogP contribution in [0.15, 0.2) is 78.9 Å². The van der Waals surface area contributed by atoms with Crippen LogP contribution in [0, 0.1) is 5.82 Å². The van der Waals surface area contributed by atoms with E-state index >= 15 is 0 Å². The number of halogens is 1. The van der Waals surface area contributed by atoms with E-state index in [1.165, 1.54) is 12.1 Å². The number of ether oxygens (including phenoxy) is 1. The average molecular weight is 489 g/mol. The predicted molar refractivity (Wildman–Crippen MR) is 138 cm³/mol. The Labute approximate surface area is 212 Å². The third-order valence-corrected chi connectivity index (χ3v) is 6.76. The molecule has 2 atom stereocenters. The largest absolute Gasteiger partial charge is 0.483 e. The van der Waals surface area contributed by atoms with E-state index in [4.69, 9.17) is 4.74 Å². The van der Waals surface area contributed by atoms with Crippen LogP contribution in [0.2, 0.25) is 0 Å². The molecular formula is C30H33FN2O3. The molecule has 1 aliphatic heterocycles. The molecule has 188 valence electrons. The normalized spacial score (nSPS) is 18.1. The number of aryl methyl sites for hydroxylation is 1. The number of hydrogen-bond acceptors (Lipinski definition) is 4. The highest BCUT2D eigenvalue weighted by Gasteiger charge is 2.32. The van der Waals surface area contributed by atoms with Gasteiger partial charge in [-0.25, -0.2) is 4.39 Å². The fourth-order valence-corrected chi connectivity index (χ4v) is 4.67. The Kier molecular flexibility index (Phi) is 8.49. The minimum Gasteiger partial charge on any atom is -0.483 e. The number of hydrogen-bond donors (Lipinski definition) is 0. The zero-order chi connectivity index (χ0) is 25.5. The van der Waals surface area contributed by atoms with Gasteiger partial charge in [-0.05, 0) is 55.7 Å². The molecule has 1 heterocycles. The Balaban J connectivity index is 1.32. The van der Waals surface area contributed by atoms with Gasteiger partial charge in [-0.2, -0.15) is 0 Å². The molecule has 0 bridgehead atoms. The molecular weight excluding hydrogens is 455 g/mol. The molecule has 4 rings (SSSR count). The molecule has 1 amide bonds. The van der Waals surface area contributed by atoms with Crippen LogP contribution < -0.4 is 4.74 Å². The van der Waals surface area contributed by atoms with E-state index in [1.54, 1.807) is 24.3 Å². The van der Waals surface area contributed by atoms with Crippen molar-refractivity contribution in [1.29, 1.82) is 0 Å². The number of benzene rings is 3. The lowest BCUT2D eigenvalue weighted by Gasteiger charge is -2.44. The van der Waals surface area contributed by atoms with Gasteiger partial charge in [0.2, 0.25) is 0 Å². The second-order valence-corrected chi connectivity index (χ2v) is 9.49. The predicted octanol–water partition coefficient (Wildman–Crippen LogP) is 5.14. The molecule has 1 aliphatic rings. The molecule has 1 saturated heterocycles. The molecule has 5 nitrogen and oxygen atoms in total. The Morgan fingerprint density at radius 3 is 2.31 bits per heavy atom. The number of piperazine rings is 1. The first-order valence-electron chi connectivity index (χ1n) is 12.5. The maximum absolute atomic E-state index is 13.2. The fourth-order valence-electron chi connectivity index (χ4n) is 4.67. The summed E-state index contributed by atoms with van der Waals surface area (Å²) in [4.78, 5) is 30.1. The molecule has 0 saturated carbocycles. The van der Waals surface area contributed by atoms with Crippen LogP contribution in [-0.4, -0.2) is 53.3 Å². The van der Waals surface area contributed by atoms with Crippen LogP contribution in [0.5, 0.6) is 5.75 Å². The van der Waals surface area contributed by atoms with Gasteiger partial charge >= 0.3 is 0 Å². The fraction of sp³-hybridized carbons (Fsp3) is 0.333. The minimum absolute atomic E-state index is 0.00157. The van der Waals surface area contributed by atoms with Gasteiger partial charge in [-0.1, -0.05) is 54.6 Å². The molecule has 3 aromatic carbocycles. The van der Waals surface area contributed by atoms with E-state index in [0.717, 1.165) is 17.7 Å². The Morgan fingerprint density at radius 2 is 1.56 bits per heavy atom. The van der Waals surface area contributed by atoms with Crippen LogP contribution in [0.1, 0.15) is 41.8 Å². The third-order valence-electron chi connectivity index (χ3n) is 6.76. The number of Topliss-reactive ketones (excluding diaryl/α,β-unsaturated/α-hetero) is 1. The summed E-state index contributed by atoms with van der Waals surface area (Å²) in [7, 11) is 0. The van der Waals surface area contributed by atoms with Crippen LogP contribution in [-0.2, 0) is 17.8 Å². The van der Waals surface area contributed by atoms with Crippen molar-refractivity contribution in [2.75, 3.05) is 19.7 Å². The number of rotatable bonds is 9. The average Bonchev–Trinajstić information content (AvgIpc) is 2.90. The monoisotopic (exact) mass is 488 g/mol. The Bertz CT molecular complexity index is 1170. The summed E-state index contributed by atoms with van der Waals surface area (Å²) in [6, 6.07) is 23.8. The molecule has 0 unspecified atom stereocenters. The van der Waals surface area contributed by atoms with E-state index in [9.17, 15) is 14.0 Å². The summed E-state index contributed by atoms with van der Waals surface area (Å²) in [5.41, 5.74) is 2.67. The first kappa shape index (κ1) is 25.6. The van der Waals surface area contributed by atoms with Crippen LogP contribution in [0.25, 0.3) is 0 Å². The molecule has 6 heteroatoms. The standard InChI is InChI=1S/C30H33FN2O3/c1-22-19-33(23(2)18-32(22)20-25-12-15-26(31)16-13-25)30(35)21-36-29-11-7-6-10-27(29)28(34)17-14-24-8-4-3-5-9-24/h3-13,15-16,22-23H,14,17-21H2,1-2H3/t22-,23+/m1/s1. The third kappa shape index (κ3) is 6.58. The van der Waals surface area contributed by atoms with Gasteiger partial charge in [-0.15, -0.1) is 0 Å². The zero-order valence-electron chi connectivity index (χ0n) is 20.9. The zero-order valence-corrected chi connectivity index (χ0v) is 20.9. The lowest BCUT2D eigenvalue weighted by molar-refractivity contribution is -0.139. The summed E-state index contributed by atoms with van der Waals surface area (Å²) in [6.07, 6.45) is 1.04. The Hall–Kier alpha value is -3.51. The molecule has 3 aromatic rings. The molecule has 0 aliphatic carbocycles. The van der Waals surface area contributed by atoms with Crippen LogP contribution in [0.3, 0.4) is 0 Å². The highest BCUT2D eigenvalue weighted by molar-refractivity contribution is 5.98. The second kappa shape index (κ2) is 12.0. The van der Waals surface area contributed by atoms with Crippen LogP contribution in [0.4, 0.5) is 4.39 Å². The molecule has 36 heavy (non-hydrogen) atoms. The number of carbonyl (C=O) groups is 2. The van der Waals surface area contributed by atoms with Crippen molar-refractivity contribution >= 4 is 11.7 Å². The summed E-state index contributed by atoms with van der Waals surface area (Å²) in [5.74, 6) is 0.107. The quantitative estimate of drug-likeness (QED) is 0.391. The second-order valence-electron chi connectivity index (χ2n) is 9.49. The first-order valence-corrected chi connectivity index (χ1v) is 12.5. The van der Waals surface area contributed by atoms with Crippen molar-refractivity contribution in [2.45, 2.75) is 45.3 Å². The van der Waals surface area contributed by atoms with Crippen molar-refractivity contribution in [3.05, 3.63) is 101 Å². The molecule has 0 spiro atoms. The van der Waals surface area contributed by atoms with Gasteiger partial charge in [0.05, 0.1) is 5.56 Å². The molecule has 0 N–H and O–H groups in total. The maximum Gasteiger partial charge on any atom is 0.260 e. The summed E-state index contributed by atoms with van der Waals surface area (Å²) in [6.45, 7) is 6.03. The SMILES string of the molecule is C[C@@H]1CN(C(=O)COc2ccccc2C(=O)CCc2ccccc2)[C@@H](C)CN1Cc1ccc(F)cc1. The highest BCUT2D eigenvalue weighted by Crippen LogP contribution is 2.22. The number of nitrogens with zero attached hydrogens (tertiary/aromatic N) is 2. The minimum atomic E-state index is -0.241. The molecule has 1 fully saturated rings. The number of carbonyl (C=O) groups excluding carboxylic acids is 2. The Morgan fingerprint density at radius 1 is 0.861 bits per heavy atom. The number of ketones is 1. The highest BCUT2D eigenvalue weighted by atomic mass is 19.1. The van der Waals surface area contributed by atoms with E-state index in [2.05, 4.69) is 11.8 Å². The van der Waals surface area contributed by atoms with Gasteiger partial charge in [0.15, 0.2) is 12.4 Å². The molecule has 0 aromatic heterocycles. The summed E-state index contributed by atoms with van der Waals surface area (Å²) in [5, 5.41) is 0. The lowest BCUT2D eigenvalue weighted by Crippen LogP contribution is -2.58. The topological polar surface area (TPSA) is 49.9 Å². The summed E-state index contributed by atoms with van der Waals surface area (Å²) < 4.78 is 19.1. The van der Waals surface area contributed by atoms with Gasteiger partial charge < -0.3 is 9.64 Å². The number of amides is 1. The van der Waals surface area contributed by atoms with Crippen molar-refractivity contribution in [1.82, 2.24) is 9.80 Å².